The zero-order valence-electron chi connectivity index (χ0n) is 5.44. The first-order valence-corrected chi connectivity index (χ1v) is 3.62. The summed E-state index contributed by atoms with van der Waals surface area (Å²) < 4.78 is 0.613. The average molecular weight is 217 g/mol. The van der Waals surface area contributed by atoms with E-state index in [2.05, 4.69) is 21.2 Å². The van der Waals surface area contributed by atoms with Crippen LogP contribution in [0.3, 0.4) is 0 Å². The van der Waals surface area contributed by atoms with E-state index in [0.717, 1.165) is 0 Å². The molecule has 58 valence electrons. The van der Waals surface area contributed by atoms with E-state index in [9.17, 15) is 4.91 Å². The summed E-state index contributed by atoms with van der Waals surface area (Å²) >= 11 is 3.14. The Morgan fingerprint density at radius 1 is 1.45 bits per heavy atom. The molecule has 0 aromatic heterocycles. The molecule has 0 aliphatic rings. The van der Waals surface area contributed by atoms with Crippen LogP contribution in [0.15, 0.2) is 34.0 Å². The van der Waals surface area contributed by atoms with Crippen molar-refractivity contribution in [2.45, 2.75) is 0 Å². The maximum Gasteiger partial charge on any atom is 0.107 e. The summed E-state index contributed by atoms with van der Waals surface area (Å²) in [5.74, 6) is 0. The average Bonchev–Trinajstić information content (AvgIpc) is 2.04. The lowest BCUT2D eigenvalue weighted by atomic mass is 10.3. The van der Waals surface area contributed by atoms with Gasteiger partial charge in [0, 0.05) is 4.47 Å². The minimum Gasteiger partial charge on any atom is -0.265 e. The lowest BCUT2D eigenvalue weighted by Gasteiger charge is -2.06. The minimum atomic E-state index is 0.268. The van der Waals surface area contributed by atoms with Gasteiger partial charge in [-0.3, -0.25) is 5.21 Å². The molecule has 0 bridgehead atoms. The van der Waals surface area contributed by atoms with Crippen LogP contribution in [0.25, 0.3) is 0 Å². The van der Waals surface area contributed by atoms with Crippen LogP contribution in [0.5, 0.6) is 0 Å². The highest BCUT2D eigenvalue weighted by atomic mass is 79.9. The van der Waals surface area contributed by atoms with Gasteiger partial charge in [0.1, 0.15) is 5.69 Å². The Kier molecular flexibility index (Phi) is 2.56. The lowest BCUT2D eigenvalue weighted by molar-refractivity contribution is 0.257. The van der Waals surface area contributed by atoms with Crippen LogP contribution < -0.4 is 5.17 Å². The number of hydrogen-bond donors (Lipinski definition) is 1. The van der Waals surface area contributed by atoms with Crippen LogP contribution in [0.1, 0.15) is 0 Å². The molecule has 0 saturated heterocycles. The van der Waals surface area contributed by atoms with E-state index in [-0.39, 0.29) is 5.17 Å². The van der Waals surface area contributed by atoms with E-state index in [1.54, 1.807) is 24.3 Å². The molecule has 0 unspecified atom stereocenters. The van der Waals surface area contributed by atoms with Crippen LogP contribution in [0.2, 0.25) is 0 Å². The van der Waals surface area contributed by atoms with Crippen molar-refractivity contribution in [1.82, 2.24) is 0 Å². The third-order valence-corrected chi connectivity index (χ3v) is 1.82. The topological polar surface area (TPSA) is 52.9 Å². The number of rotatable bonds is 2. The standard InChI is InChI=1S/C6H5BrN2O2/c7-5-3-1-2-4-6(5)9(11)8-10/h1-4,11H. The van der Waals surface area contributed by atoms with Gasteiger partial charge in [-0.1, -0.05) is 12.1 Å². The van der Waals surface area contributed by atoms with Crippen molar-refractivity contribution in [3.8, 4) is 0 Å². The van der Waals surface area contributed by atoms with Gasteiger partial charge in [-0.2, -0.15) is 0 Å². The molecule has 1 N–H and O–H groups in total. The fourth-order valence-electron chi connectivity index (χ4n) is 0.658. The van der Waals surface area contributed by atoms with Gasteiger partial charge in [-0.25, -0.2) is 0 Å². The Labute approximate surface area is 71.5 Å². The first kappa shape index (κ1) is 8.16. The quantitative estimate of drug-likeness (QED) is 0.610. The Morgan fingerprint density at radius 2 is 2.09 bits per heavy atom. The lowest BCUT2D eigenvalue weighted by Crippen LogP contribution is -2.07. The summed E-state index contributed by atoms with van der Waals surface area (Å²) in [6.45, 7) is 0. The predicted octanol–water partition coefficient (Wildman–Crippen LogP) is 2.33. The van der Waals surface area contributed by atoms with Crippen molar-refractivity contribution in [3.05, 3.63) is 33.6 Å². The Hall–Kier alpha value is -0.940. The molecule has 4 nitrogen and oxygen atoms in total. The summed E-state index contributed by atoms with van der Waals surface area (Å²) in [7, 11) is 0. The molecule has 1 rings (SSSR count). The third kappa shape index (κ3) is 1.75. The summed E-state index contributed by atoms with van der Waals surface area (Å²) in [4.78, 5) is 9.86. The second kappa shape index (κ2) is 3.45. The van der Waals surface area contributed by atoms with Crippen molar-refractivity contribution >= 4 is 21.6 Å². The summed E-state index contributed by atoms with van der Waals surface area (Å²) in [6.07, 6.45) is 0. The smallest absolute Gasteiger partial charge is 0.107 e. The van der Waals surface area contributed by atoms with Crippen LogP contribution in [0.4, 0.5) is 5.69 Å². The number of hydrogen-bond acceptors (Lipinski definition) is 3. The molecule has 0 aliphatic carbocycles. The number of para-hydroxylation sites is 1. The number of nitrogens with zero attached hydrogens (tertiary/aromatic N) is 2. The van der Waals surface area contributed by atoms with Crippen LogP contribution in [-0.4, -0.2) is 5.21 Å². The van der Waals surface area contributed by atoms with Crippen molar-refractivity contribution in [2.75, 3.05) is 5.17 Å². The predicted molar refractivity (Wildman–Crippen MR) is 44.2 cm³/mol. The molecule has 0 heterocycles. The molecule has 0 atom stereocenters. The number of halogens is 1. The van der Waals surface area contributed by atoms with Crippen molar-refractivity contribution in [3.63, 3.8) is 0 Å². The highest BCUT2D eigenvalue weighted by Crippen LogP contribution is 2.24. The Morgan fingerprint density at radius 3 is 2.64 bits per heavy atom. The molecular formula is C6H5BrN2O2. The third-order valence-electron chi connectivity index (χ3n) is 1.15. The van der Waals surface area contributed by atoms with Crippen molar-refractivity contribution < 1.29 is 5.21 Å². The van der Waals surface area contributed by atoms with Gasteiger partial charge < -0.3 is 0 Å². The van der Waals surface area contributed by atoms with Gasteiger partial charge in [-0.05, 0) is 28.1 Å². The largest absolute Gasteiger partial charge is 0.265 e. The van der Waals surface area contributed by atoms with Crippen LogP contribution in [-0.2, 0) is 0 Å². The zero-order valence-corrected chi connectivity index (χ0v) is 7.02. The number of anilines is 1. The molecule has 0 fully saturated rings. The first-order chi connectivity index (χ1) is 5.25. The fraction of sp³-hybridized carbons (Fsp3) is 0. The van der Waals surface area contributed by atoms with Crippen molar-refractivity contribution in [1.29, 1.82) is 0 Å². The van der Waals surface area contributed by atoms with E-state index >= 15 is 0 Å². The van der Waals surface area contributed by atoms with Gasteiger partial charge in [0.2, 0.25) is 0 Å². The number of benzene rings is 1. The highest BCUT2D eigenvalue weighted by molar-refractivity contribution is 9.10. The maximum atomic E-state index is 9.86. The van der Waals surface area contributed by atoms with E-state index in [0.29, 0.717) is 10.2 Å². The Bertz CT molecular complexity index is 267. The first-order valence-electron chi connectivity index (χ1n) is 2.82. The summed E-state index contributed by atoms with van der Waals surface area (Å²) in [6, 6.07) is 6.72. The van der Waals surface area contributed by atoms with Gasteiger partial charge in [0.25, 0.3) is 0 Å². The van der Waals surface area contributed by atoms with Gasteiger partial charge in [0.15, 0.2) is 0 Å². The molecule has 1 aromatic rings. The second-order valence-corrected chi connectivity index (χ2v) is 2.68. The maximum absolute atomic E-state index is 9.86. The van der Waals surface area contributed by atoms with Crippen LogP contribution in [0, 0.1) is 4.91 Å². The fourth-order valence-corrected chi connectivity index (χ4v) is 1.10. The molecule has 0 radical (unpaired) electrons. The van der Waals surface area contributed by atoms with E-state index in [4.69, 9.17) is 5.21 Å². The monoisotopic (exact) mass is 216 g/mol. The molecule has 11 heavy (non-hydrogen) atoms. The van der Waals surface area contributed by atoms with Gasteiger partial charge >= 0.3 is 0 Å². The van der Waals surface area contributed by atoms with Gasteiger partial charge in [0.05, 0.1) is 5.29 Å². The SMILES string of the molecule is O=NN(O)c1ccccc1Br. The molecule has 5 heteroatoms. The molecular weight excluding hydrogens is 212 g/mol. The second-order valence-electron chi connectivity index (χ2n) is 1.82. The molecule has 0 amide bonds. The molecule has 0 aliphatic heterocycles. The van der Waals surface area contributed by atoms with Crippen molar-refractivity contribution in [2.24, 2.45) is 5.29 Å². The molecule has 0 saturated carbocycles. The zero-order chi connectivity index (χ0) is 8.27. The minimum absolute atomic E-state index is 0.268. The number of nitroso groups, excluding NO2 is 1. The van der Waals surface area contributed by atoms with E-state index < -0.39 is 0 Å². The molecule has 0 spiro atoms. The normalized spacial score (nSPS) is 9.27. The van der Waals surface area contributed by atoms with E-state index in [1.807, 2.05) is 0 Å². The Balaban J connectivity index is 3.02. The van der Waals surface area contributed by atoms with Gasteiger partial charge in [-0.15, -0.1) is 10.1 Å². The summed E-state index contributed by atoms with van der Waals surface area (Å²) in [5.41, 5.74) is 0.322. The van der Waals surface area contributed by atoms with E-state index in [1.165, 1.54) is 0 Å². The summed E-state index contributed by atoms with van der Waals surface area (Å²) in [5, 5.41) is 11.4. The van der Waals surface area contributed by atoms with Crippen LogP contribution >= 0.6 is 15.9 Å². The highest BCUT2D eigenvalue weighted by Gasteiger charge is 2.04. The molecule has 1 aromatic carbocycles.